The van der Waals surface area contributed by atoms with E-state index in [-0.39, 0.29) is 17.4 Å². The number of fused-ring (bicyclic) bond motifs is 2. The van der Waals surface area contributed by atoms with Crippen LogP contribution in [0.3, 0.4) is 0 Å². The van der Waals surface area contributed by atoms with Gasteiger partial charge in [-0.15, -0.1) is 0 Å². The van der Waals surface area contributed by atoms with E-state index in [4.69, 9.17) is 33.7 Å². The summed E-state index contributed by atoms with van der Waals surface area (Å²) in [4.78, 5) is 17.5. The molecule has 1 amide bonds. The predicted molar refractivity (Wildman–Crippen MR) is 129 cm³/mol. The largest absolute Gasteiger partial charge is 0.493 e. The Bertz CT molecular complexity index is 1390. The van der Waals surface area contributed by atoms with Crippen LogP contribution in [0.4, 0.5) is 15.8 Å². The van der Waals surface area contributed by atoms with Crippen molar-refractivity contribution < 1.29 is 13.9 Å². The van der Waals surface area contributed by atoms with Gasteiger partial charge in [-0.2, -0.15) is 0 Å². The van der Waals surface area contributed by atoms with Crippen LogP contribution in [0.2, 0.25) is 10.0 Å². The Morgan fingerprint density at radius 1 is 1.12 bits per heavy atom. The van der Waals surface area contributed by atoms with Crippen molar-refractivity contribution in [2.45, 2.75) is 12.3 Å². The Balaban J connectivity index is 1.53. The van der Waals surface area contributed by atoms with Crippen molar-refractivity contribution in [3.05, 3.63) is 82.2 Å². The number of nitrogens with two attached hydrogens (primary N) is 1. The summed E-state index contributed by atoms with van der Waals surface area (Å²) < 4.78 is 20.5. The van der Waals surface area contributed by atoms with E-state index >= 15 is 0 Å². The van der Waals surface area contributed by atoms with Gasteiger partial charge in [0.2, 0.25) is 5.91 Å². The zero-order valence-corrected chi connectivity index (χ0v) is 18.8. The number of nitrogens with one attached hydrogen (secondary N) is 1. The molecule has 0 bridgehead atoms. The number of carbonyl (C=O) groups is 1. The van der Waals surface area contributed by atoms with E-state index in [1.807, 2.05) is 24.3 Å². The van der Waals surface area contributed by atoms with Crippen LogP contribution in [0.25, 0.3) is 22.0 Å². The van der Waals surface area contributed by atoms with E-state index in [1.165, 1.54) is 12.3 Å². The lowest BCUT2D eigenvalue weighted by molar-refractivity contribution is -0.118. The first-order valence-electron chi connectivity index (χ1n) is 10.3. The van der Waals surface area contributed by atoms with Crippen molar-refractivity contribution in [3.8, 4) is 16.9 Å². The van der Waals surface area contributed by atoms with Crippen LogP contribution in [0.1, 0.15) is 17.9 Å². The quantitative estimate of drug-likeness (QED) is 0.353. The Morgan fingerprint density at radius 3 is 2.67 bits per heavy atom. The van der Waals surface area contributed by atoms with Gasteiger partial charge in [0.25, 0.3) is 0 Å². The summed E-state index contributed by atoms with van der Waals surface area (Å²) in [6, 6.07) is 15.1. The molecule has 33 heavy (non-hydrogen) atoms. The first-order chi connectivity index (χ1) is 15.9. The van der Waals surface area contributed by atoms with Gasteiger partial charge >= 0.3 is 0 Å². The highest BCUT2D eigenvalue weighted by atomic mass is 35.5. The number of rotatable bonds is 3. The maximum absolute atomic E-state index is 14.8. The van der Waals surface area contributed by atoms with Gasteiger partial charge in [0.15, 0.2) is 0 Å². The Kier molecular flexibility index (Phi) is 5.56. The number of halogens is 3. The van der Waals surface area contributed by atoms with Gasteiger partial charge in [-0.05, 0) is 48.4 Å². The average Bonchev–Trinajstić information content (AvgIpc) is 2.79. The Morgan fingerprint density at radius 2 is 1.88 bits per heavy atom. The number of carbonyl (C=O) groups excluding carboxylic acids is 1. The van der Waals surface area contributed by atoms with Gasteiger partial charge in [0.1, 0.15) is 11.6 Å². The molecule has 5 nitrogen and oxygen atoms in total. The second-order valence-electron chi connectivity index (χ2n) is 7.78. The summed E-state index contributed by atoms with van der Waals surface area (Å²) >= 11 is 12.2. The number of amides is 1. The summed E-state index contributed by atoms with van der Waals surface area (Å²) in [6.07, 6.45) is 1.99. The topological polar surface area (TPSA) is 77.2 Å². The number of benzene rings is 3. The summed E-state index contributed by atoms with van der Waals surface area (Å²) in [6.45, 7) is 0.450. The van der Waals surface area contributed by atoms with Gasteiger partial charge in [-0.25, -0.2) is 4.39 Å². The molecule has 1 aliphatic rings. The summed E-state index contributed by atoms with van der Waals surface area (Å²) in [7, 11) is 0. The van der Waals surface area contributed by atoms with Crippen molar-refractivity contribution in [1.29, 1.82) is 0 Å². The molecular weight excluding hydrogens is 464 g/mol. The van der Waals surface area contributed by atoms with Crippen LogP contribution in [-0.2, 0) is 4.79 Å². The number of nitrogen functional groups attached to an aromatic ring is 1. The highest BCUT2D eigenvalue weighted by Gasteiger charge is 2.28. The molecule has 0 saturated carbocycles. The third-order valence-corrected chi connectivity index (χ3v) is 6.15. The summed E-state index contributed by atoms with van der Waals surface area (Å²) in [5.41, 5.74) is 8.95. The number of para-hydroxylation sites is 1. The molecule has 2 heterocycles. The molecule has 0 saturated heterocycles. The molecule has 0 fully saturated rings. The minimum Gasteiger partial charge on any atom is -0.493 e. The molecular formula is C25H18Cl2FN3O2. The lowest BCUT2D eigenvalue weighted by atomic mass is 9.92. The minimum absolute atomic E-state index is 0.206. The molecule has 0 radical (unpaired) electrons. The number of anilines is 2. The highest BCUT2D eigenvalue weighted by molar-refractivity contribution is 6.35. The fourth-order valence-electron chi connectivity index (χ4n) is 4.17. The van der Waals surface area contributed by atoms with Crippen LogP contribution in [0.5, 0.6) is 5.75 Å². The number of hydrogen-bond acceptors (Lipinski definition) is 4. The fourth-order valence-corrected chi connectivity index (χ4v) is 4.69. The van der Waals surface area contributed by atoms with E-state index in [2.05, 4.69) is 10.3 Å². The molecule has 1 atom stereocenters. The van der Waals surface area contributed by atoms with Crippen LogP contribution >= 0.6 is 23.2 Å². The molecule has 3 N–H and O–H groups in total. The molecule has 3 aromatic carbocycles. The predicted octanol–water partition coefficient (Wildman–Crippen LogP) is 6.43. The summed E-state index contributed by atoms with van der Waals surface area (Å²) in [5.74, 6) is -0.359. The van der Waals surface area contributed by atoms with Crippen LogP contribution in [0, 0.1) is 5.82 Å². The fraction of sp³-hybridized carbons (Fsp3) is 0.120. The zero-order valence-electron chi connectivity index (χ0n) is 17.2. The number of hydrogen-bond donors (Lipinski definition) is 2. The molecule has 1 aromatic heterocycles. The van der Waals surface area contributed by atoms with E-state index in [9.17, 15) is 9.18 Å². The number of ether oxygens (including phenoxy) is 1. The van der Waals surface area contributed by atoms with Gasteiger partial charge in [0.05, 0.1) is 35.6 Å². The number of nitrogens with zero attached hydrogens (tertiary/aromatic N) is 1. The maximum atomic E-state index is 14.8. The van der Waals surface area contributed by atoms with E-state index < -0.39 is 5.82 Å². The normalized spacial score (nSPS) is 15.1. The third-order valence-electron chi connectivity index (χ3n) is 5.71. The van der Waals surface area contributed by atoms with Crippen molar-refractivity contribution >= 4 is 51.4 Å². The van der Waals surface area contributed by atoms with Crippen molar-refractivity contribution in [2.24, 2.45) is 0 Å². The second kappa shape index (κ2) is 8.54. The molecule has 166 valence electrons. The minimum atomic E-state index is -0.483. The van der Waals surface area contributed by atoms with Crippen LogP contribution in [-0.4, -0.2) is 17.5 Å². The van der Waals surface area contributed by atoms with Crippen LogP contribution in [0.15, 0.2) is 60.8 Å². The first-order valence-corrected chi connectivity index (χ1v) is 11.0. The molecule has 0 aliphatic carbocycles. The summed E-state index contributed by atoms with van der Waals surface area (Å²) in [5, 5.41) is 4.15. The molecule has 1 aliphatic heterocycles. The highest BCUT2D eigenvalue weighted by Crippen LogP contribution is 2.38. The molecule has 1 unspecified atom stereocenters. The third kappa shape index (κ3) is 3.96. The number of pyridine rings is 1. The van der Waals surface area contributed by atoms with E-state index in [1.54, 1.807) is 24.3 Å². The average molecular weight is 482 g/mol. The lowest BCUT2D eigenvalue weighted by Gasteiger charge is -2.25. The van der Waals surface area contributed by atoms with Gasteiger partial charge in [-0.1, -0.05) is 41.4 Å². The van der Waals surface area contributed by atoms with E-state index in [0.717, 1.165) is 5.56 Å². The standard InChI is InChI=1S/C25H18Cl2FN3O2/c26-14-9-13(10-15(27)11-14)22-19(28)6-5-18-23(29)20(12-30-24(18)22)31-25(32)17-7-8-33-21-4-2-1-3-16(17)21/h1-6,9-12,17H,7-8H2,(H2,29,30)(H,31,32). The van der Waals surface area contributed by atoms with Crippen LogP contribution < -0.4 is 15.8 Å². The van der Waals surface area contributed by atoms with Gasteiger partial charge in [0, 0.05) is 26.6 Å². The zero-order chi connectivity index (χ0) is 23.1. The molecule has 8 heteroatoms. The molecule has 0 spiro atoms. The monoisotopic (exact) mass is 481 g/mol. The van der Waals surface area contributed by atoms with Crippen molar-refractivity contribution in [3.63, 3.8) is 0 Å². The SMILES string of the molecule is Nc1c(NC(=O)C2CCOc3ccccc32)cnc2c(-c3cc(Cl)cc(Cl)c3)c(F)ccc12. The van der Waals surface area contributed by atoms with Crippen molar-refractivity contribution in [1.82, 2.24) is 4.98 Å². The smallest absolute Gasteiger partial charge is 0.232 e. The van der Waals surface area contributed by atoms with E-state index in [0.29, 0.717) is 56.7 Å². The Hall–Kier alpha value is -3.35. The Labute approximate surface area is 199 Å². The first kappa shape index (κ1) is 21.5. The number of aromatic nitrogens is 1. The molecule has 5 rings (SSSR count). The second-order valence-corrected chi connectivity index (χ2v) is 8.65. The lowest BCUT2D eigenvalue weighted by Crippen LogP contribution is -2.26. The molecule has 4 aromatic rings. The van der Waals surface area contributed by atoms with Gasteiger partial charge < -0.3 is 15.8 Å². The van der Waals surface area contributed by atoms with Crippen molar-refractivity contribution in [2.75, 3.05) is 17.7 Å². The van der Waals surface area contributed by atoms with Gasteiger partial charge in [-0.3, -0.25) is 9.78 Å². The maximum Gasteiger partial charge on any atom is 0.232 e.